The molecule has 1 aliphatic heterocycles. The van der Waals surface area contributed by atoms with Crippen LogP contribution >= 0.6 is 15.9 Å². The minimum absolute atomic E-state index is 0.457. The second-order valence-electron chi connectivity index (χ2n) is 6.06. The van der Waals surface area contributed by atoms with Gasteiger partial charge in [-0.05, 0) is 65.5 Å². The average Bonchev–Trinajstić information content (AvgIpc) is 2.63. The summed E-state index contributed by atoms with van der Waals surface area (Å²) in [5, 5.41) is 0. The lowest BCUT2D eigenvalue weighted by molar-refractivity contribution is 0.132. The minimum Gasteiger partial charge on any atom is -0.497 e. The van der Waals surface area contributed by atoms with E-state index in [0.717, 1.165) is 42.7 Å². The summed E-state index contributed by atoms with van der Waals surface area (Å²) < 4.78 is 11.8. The van der Waals surface area contributed by atoms with Crippen LogP contribution < -0.4 is 9.47 Å². The van der Waals surface area contributed by atoms with E-state index in [1.54, 1.807) is 19.5 Å². The summed E-state index contributed by atoms with van der Waals surface area (Å²) in [7, 11) is 1.70. The van der Waals surface area contributed by atoms with E-state index in [0.29, 0.717) is 18.5 Å². The summed E-state index contributed by atoms with van der Waals surface area (Å²) in [6.07, 6.45) is 5.71. The highest BCUT2D eigenvalue weighted by Crippen LogP contribution is 2.21. The number of piperidine rings is 1. The van der Waals surface area contributed by atoms with Crippen LogP contribution in [-0.4, -0.2) is 41.7 Å². The summed E-state index contributed by atoms with van der Waals surface area (Å²) in [5.41, 5.74) is 1.33. The zero-order chi connectivity index (χ0) is 16.8. The molecule has 0 N–H and O–H groups in total. The minimum atomic E-state index is 0.457. The van der Waals surface area contributed by atoms with Crippen molar-refractivity contribution in [2.45, 2.75) is 19.4 Å². The zero-order valence-electron chi connectivity index (χ0n) is 13.8. The Bertz CT molecular complexity index is 626. The van der Waals surface area contributed by atoms with Crippen LogP contribution in [0.1, 0.15) is 18.4 Å². The quantitative estimate of drug-likeness (QED) is 0.753. The van der Waals surface area contributed by atoms with Crippen LogP contribution in [0.5, 0.6) is 11.8 Å². The molecular formula is C18H22BrN3O2. The molecule has 1 fully saturated rings. The average molecular weight is 392 g/mol. The molecule has 5 nitrogen and oxygen atoms in total. The third-order valence-electron chi connectivity index (χ3n) is 4.32. The fourth-order valence-electron chi connectivity index (χ4n) is 2.87. The molecule has 1 aromatic carbocycles. The highest BCUT2D eigenvalue weighted by molar-refractivity contribution is 9.10. The summed E-state index contributed by atoms with van der Waals surface area (Å²) in [4.78, 5) is 10.8. The van der Waals surface area contributed by atoms with Crippen molar-refractivity contribution in [3.63, 3.8) is 0 Å². The monoisotopic (exact) mass is 391 g/mol. The van der Waals surface area contributed by atoms with Crippen LogP contribution in [0.25, 0.3) is 0 Å². The van der Waals surface area contributed by atoms with Gasteiger partial charge in [-0.1, -0.05) is 12.1 Å². The van der Waals surface area contributed by atoms with Crippen molar-refractivity contribution < 1.29 is 9.47 Å². The third kappa shape index (κ3) is 4.92. The van der Waals surface area contributed by atoms with Crippen molar-refractivity contribution in [3.8, 4) is 11.8 Å². The molecule has 1 aromatic heterocycles. The van der Waals surface area contributed by atoms with E-state index in [4.69, 9.17) is 9.47 Å². The number of halogens is 1. The van der Waals surface area contributed by atoms with Gasteiger partial charge in [0.2, 0.25) is 0 Å². The molecule has 2 heterocycles. The van der Waals surface area contributed by atoms with Crippen molar-refractivity contribution in [3.05, 3.63) is 46.7 Å². The zero-order valence-corrected chi connectivity index (χ0v) is 15.4. The number of benzene rings is 1. The number of likely N-dealkylation sites (tertiary alicyclic amines) is 1. The van der Waals surface area contributed by atoms with Gasteiger partial charge in [0.15, 0.2) is 0 Å². The van der Waals surface area contributed by atoms with E-state index in [2.05, 4.69) is 42.9 Å². The Morgan fingerprint density at radius 3 is 2.42 bits per heavy atom. The number of hydrogen-bond acceptors (Lipinski definition) is 5. The van der Waals surface area contributed by atoms with Gasteiger partial charge in [0, 0.05) is 18.9 Å². The first-order valence-electron chi connectivity index (χ1n) is 8.18. The highest BCUT2D eigenvalue weighted by Gasteiger charge is 2.20. The first-order valence-corrected chi connectivity index (χ1v) is 8.98. The maximum absolute atomic E-state index is 5.70. The van der Waals surface area contributed by atoms with E-state index in [1.165, 1.54) is 5.56 Å². The van der Waals surface area contributed by atoms with E-state index in [-0.39, 0.29) is 0 Å². The van der Waals surface area contributed by atoms with Crippen molar-refractivity contribution in [1.82, 2.24) is 14.9 Å². The standard InChI is InChI=1S/C18H22BrN3O2/c1-23-17-4-2-14(3-5-17)12-22-8-6-15(7-9-22)13-24-18-20-10-16(19)11-21-18/h2-5,10-11,15H,6-9,12-13H2,1H3. The SMILES string of the molecule is COc1ccc(CN2CCC(COc3ncc(Br)cn3)CC2)cc1. The summed E-state index contributed by atoms with van der Waals surface area (Å²) in [6.45, 7) is 3.88. The van der Waals surface area contributed by atoms with Gasteiger partial charge >= 0.3 is 6.01 Å². The number of hydrogen-bond donors (Lipinski definition) is 0. The van der Waals surface area contributed by atoms with Crippen LogP contribution in [0.3, 0.4) is 0 Å². The van der Waals surface area contributed by atoms with Crippen LogP contribution in [0, 0.1) is 5.92 Å². The Labute approximate surface area is 151 Å². The number of rotatable bonds is 6. The lowest BCUT2D eigenvalue weighted by Crippen LogP contribution is -2.35. The molecular weight excluding hydrogens is 370 g/mol. The molecule has 0 atom stereocenters. The number of aromatic nitrogens is 2. The molecule has 6 heteroatoms. The molecule has 0 unspecified atom stereocenters. The molecule has 0 saturated carbocycles. The van der Waals surface area contributed by atoms with Gasteiger partial charge in [-0.15, -0.1) is 0 Å². The smallest absolute Gasteiger partial charge is 0.316 e. The van der Waals surface area contributed by atoms with Gasteiger partial charge < -0.3 is 9.47 Å². The molecule has 0 spiro atoms. The van der Waals surface area contributed by atoms with Crippen LogP contribution in [-0.2, 0) is 6.54 Å². The van der Waals surface area contributed by atoms with E-state index < -0.39 is 0 Å². The summed E-state index contributed by atoms with van der Waals surface area (Å²) in [6, 6.07) is 8.78. The maximum Gasteiger partial charge on any atom is 0.316 e. The predicted molar refractivity (Wildman–Crippen MR) is 96.2 cm³/mol. The second-order valence-corrected chi connectivity index (χ2v) is 6.98. The Hall–Kier alpha value is -1.66. The molecule has 0 aliphatic carbocycles. The fourth-order valence-corrected chi connectivity index (χ4v) is 3.07. The van der Waals surface area contributed by atoms with Crippen molar-refractivity contribution in [2.75, 3.05) is 26.8 Å². The molecule has 1 saturated heterocycles. The molecule has 3 rings (SSSR count). The van der Waals surface area contributed by atoms with E-state index in [1.807, 2.05) is 12.1 Å². The Morgan fingerprint density at radius 1 is 1.12 bits per heavy atom. The first kappa shape index (κ1) is 17.2. The maximum atomic E-state index is 5.70. The van der Waals surface area contributed by atoms with Gasteiger partial charge in [-0.25, -0.2) is 9.97 Å². The van der Waals surface area contributed by atoms with Gasteiger partial charge in [0.25, 0.3) is 0 Å². The molecule has 0 radical (unpaired) electrons. The van der Waals surface area contributed by atoms with Crippen LogP contribution in [0.4, 0.5) is 0 Å². The summed E-state index contributed by atoms with van der Waals surface area (Å²) >= 11 is 3.32. The van der Waals surface area contributed by atoms with Gasteiger partial charge in [0.05, 0.1) is 18.2 Å². The molecule has 2 aromatic rings. The first-order chi connectivity index (χ1) is 11.7. The van der Waals surface area contributed by atoms with Crippen LogP contribution in [0.2, 0.25) is 0 Å². The number of nitrogens with zero attached hydrogens (tertiary/aromatic N) is 3. The van der Waals surface area contributed by atoms with E-state index >= 15 is 0 Å². The highest BCUT2D eigenvalue weighted by atomic mass is 79.9. The van der Waals surface area contributed by atoms with Crippen molar-refractivity contribution in [1.29, 1.82) is 0 Å². The Balaban J connectivity index is 1.41. The van der Waals surface area contributed by atoms with Gasteiger partial charge in [-0.2, -0.15) is 0 Å². The lowest BCUT2D eigenvalue weighted by atomic mass is 9.97. The predicted octanol–water partition coefficient (Wildman–Crippen LogP) is 3.54. The number of ether oxygens (including phenoxy) is 2. The molecule has 0 bridgehead atoms. The number of methoxy groups -OCH3 is 1. The van der Waals surface area contributed by atoms with Crippen LogP contribution in [0.15, 0.2) is 41.1 Å². The normalized spacial score (nSPS) is 16.1. The third-order valence-corrected chi connectivity index (χ3v) is 4.73. The molecule has 128 valence electrons. The molecule has 1 aliphatic rings. The fraction of sp³-hybridized carbons (Fsp3) is 0.444. The van der Waals surface area contributed by atoms with Crippen molar-refractivity contribution >= 4 is 15.9 Å². The topological polar surface area (TPSA) is 47.5 Å². The molecule has 24 heavy (non-hydrogen) atoms. The summed E-state index contributed by atoms with van der Waals surface area (Å²) in [5.74, 6) is 1.48. The second kappa shape index (κ2) is 8.44. The Morgan fingerprint density at radius 2 is 1.79 bits per heavy atom. The lowest BCUT2D eigenvalue weighted by Gasteiger charge is -2.31. The van der Waals surface area contributed by atoms with Crippen molar-refractivity contribution in [2.24, 2.45) is 5.92 Å². The van der Waals surface area contributed by atoms with E-state index in [9.17, 15) is 0 Å². The van der Waals surface area contributed by atoms with Gasteiger partial charge in [-0.3, -0.25) is 4.90 Å². The Kier molecular flexibility index (Phi) is 6.04. The van der Waals surface area contributed by atoms with Gasteiger partial charge in [0.1, 0.15) is 5.75 Å². The largest absolute Gasteiger partial charge is 0.497 e. The molecule has 0 amide bonds.